The number of aliphatic carboxylic acids is 1. The topological polar surface area (TPSA) is 87.1 Å². The van der Waals surface area contributed by atoms with Gasteiger partial charge in [0.15, 0.2) is 17.5 Å². The summed E-state index contributed by atoms with van der Waals surface area (Å²) in [5.41, 5.74) is 0.367. The molecule has 0 fully saturated rings. The van der Waals surface area contributed by atoms with Gasteiger partial charge in [-0.25, -0.2) is 4.79 Å². The zero-order valence-electron chi connectivity index (χ0n) is 11.1. The van der Waals surface area contributed by atoms with Crippen molar-refractivity contribution >= 4 is 11.9 Å². The van der Waals surface area contributed by atoms with E-state index in [1.54, 1.807) is 6.92 Å². The molecule has 1 rings (SSSR count). The Morgan fingerprint density at radius 3 is 2.53 bits per heavy atom. The molecule has 1 atom stereocenters. The van der Waals surface area contributed by atoms with Crippen LogP contribution in [-0.4, -0.2) is 40.6 Å². The summed E-state index contributed by atoms with van der Waals surface area (Å²) >= 11 is 0. The van der Waals surface area contributed by atoms with Crippen LogP contribution in [0.15, 0.2) is 18.2 Å². The normalized spacial score (nSPS) is 11.7. The van der Waals surface area contributed by atoms with Crippen molar-refractivity contribution in [2.75, 3.05) is 13.7 Å². The first kappa shape index (κ1) is 14.8. The highest BCUT2D eigenvalue weighted by atomic mass is 16.5. The van der Waals surface area contributed by atoms with Crippen LogP contribution in [0.25, 0.3) is 0 Å². The Bertz CT molecular complexity index is 486. The molecule has 0 aliphatic heterocycles. The second kappa shape index (κ2) is 6.08. The average Bonchev–Trinajstić information content (AvgIpc) is 2.33. The number of carboxylic acid groups (broad SMARTS) is 1. The fraction of sp³-hybridized carbons (Fsp3) is 0.385. The van der Waals surface area contributed by atoms with Gasteiger partial charge in [-0.15, -0.1) is 0 Å². The Balaban J connectivity index is 3.20. The SMILES string of the molecule is CCOc1cc(C(C(=O)O)N(C)C(C)=O)ccc1O. The van der Waals surface area contributed by atoms with Crippen LogP contribution in [0.2, 0.25) is 0 Å². The highest BCUT2D eigenvalue weighted by Gasteiger charge is 2.27. The largest absolute Gasteiger partial charge is 0.504 e. The van der Waals surface area contributed by atoms with Crippen LogP contribution in [0.5, 0.6) is 11.5 Å². The molecule has 1 aromatic rings. The summed E-state index contributed by atoms with van der Waals surface area (Å²) in [5, 5.41) is 18.8. The zero-order chi connectivity index (χ0) is 14.6. The van der Waals surface area contributed by atoms with Gasteiger partial charge in [-0.2, -0.15) is 0 Å². The number of hydrogen-bond donors (Lipinski definition) is 2. The second-order valence-electron chi connectivity index (χ2n) is 4.03. The Kier molecular flexibility index (Phi) is 4.74. The van der Waals surface area contributed by atoms with Gasteiger partial charge in [0.25, 0.3) is 0 Å². The number of ether oxygens (including phenoxy) is 1. The Labute approximate surface area is 111 Å². The molecule has 0 heterocycles. The molecule has 1 unspecified atom stereocenters. The van der Waals surface area contributed by atoms with Crippen molar-refractivity contribution in [3.05, 3.63) is 23.8 Å². The van der Waals surface area contributed by atoms with E-state index >= 15 is 0 Å². The van der Waals surface area contributed by atoms with Crippen molar-refractivity contribution in [3.63, 3.8) is 0 Å². The number of carbonyl (C=O) groups is 2. The maximum Gasteiger partial charge on any atom is 0.331 e. The van der Waals surface area contributed by atoms with Gasteiger partial charge in [-0.3, -0.25) is 4.79 Å². The lowest BCUT2D eigenvalue weighted by Gasteiger charge is -2.24. The fourth-order valence-corrected chi connectivity index (χ4v) is 1.69. The van der Waals surface area contributed by atoms with Gasteiger partial charge in [-0.05, 0) is 24.6 Å². The van der Waals surface area contributed by atoms with Crippen LogP contribution in [0, 0.1) is 0 Å². The second-order valence-corrected chi connectivity index (χ2v) is 4.03. The average molecular weight is 267 g/mol. The quantitative estimate of drug-likeness (QED) is 0.842. The first-order valence-electron chi connectivity index (χ1n) is 5.80. The van der Waals surface area contributed by atoms with Gasteiger partial charge < -0.3 is 19.8 Å². The molecule has 0 saturated heterocycles. The molecule has 1 amide bonds. The molecule has 1 aromatic carbocycles. The van der Waals surface area contributed by atoms with Crippen molar-refractivity contribution in [1.29, 1.82) is 0 Å². The van der Waals surface area contributed by atoms with E-state index in [0.717, 1.165) is 4.90 Å². The lowest BCUT2D eigenvalue weighted by Crippen LogP contribution is -2.34. The zero-order valence-corrected chi connectivity index (χ0v) is 11.1. The third kappa shape index (κ3) is 3.37. The van der Waals surface area contributed by atoms with Crippen molar-refractivity contribution in [2.24, 2.45) is 0 Å². The molecular formula is C13H17NO5. The molecule has 0 aliphatic carbocycles. The Hall–Kier alpha value is -2.24. The van der Waals surface area contributed by atoms with E-state index in [1.807, 2.05) is 0 Å². The minimum absolute atomic E-state index is 0.0692. The van der Waals surface area contributed by atoms with Crippen LogP contribution in [0.4, 0.5) is 0 Å². The monoisotopic (exact) mass is 267 g/mol. The molecule has 6 heteroatoms. The number of rotatable bonds is 5. The Morgan fingerprint density at radius 2 is 2.05 bits per heavy atom. The maximum atomic E-state index is 11.3. The maximum absolute atomic E-state index is 11.3. The number of aromatic hydroxyl groups is 1. The summed E-state index contributed by atoms with van der Waals surface area (Å²) in [4.78, 5) is 23.7. The van der Waals surface area contributed by atoms with Crippen molar-refractivity contribution in [1.82, 2.24) is 4.90 Å². The van der Waals surface area contributed by atoms with Crippen LogP contribution >= 0.6 is 0 Å². The van der Waals surface area contributed by atoms with E-state index < -0.39 is 12.0 Å². The van der Waals surface area contributed by atoms with Crippen LogP contribution < -0.4 is 4.74 Å². The van der Waals surface area contributed by atoms with Crippen molar-refractivity contribution in [3.8, 4) is 11.5 Å². The number of benzene rings is 1. The van der Waals surface area contributed by atoms with E-state index in [0.29, 0.717) is 12.2 Å². The molecule has 19 heavy (non-hydrogen) atoms. The van der Waals surface area contributed by atoms with Crippen molar-refractivity contribution < 1.29 is 24.5 Å². The van der Waals surface area contributed by atoms with Gasteiger partial charge >= 0.3 is 5.97 Å². The highest BCUT2D eigenvalue weighted by molar-refractivity contribution is 5.83. The number of phenolic OH excluding ortho intramolecular Hbond substituents is 1. The summed E-state index contributed by atoms with van der Waals surface area (Å²) in [7, 11) is 1.41. The molecule has 0 aromatic heterocycles. The fourth-order valence-electron chi connectivity index (χ4n) is 1.69. The number of hydrogen-bond acceptors (Lipinski definition) is 4. The molecule has 0 aliphatic rings. The molecule has 2 N–H and O–H groups in total. The number of amides is 1. The molecule has 0 radical (unpaired) electrons. The summed E-state index contributed by atoms with van der Waals surface area (Å²) in [6.07, 6.45) is 0. The van der Waals surface area contributed by atoms with E-state index in [2.05, 4.69) is 0 Å². The van der Waals surface area contributed by atoms with Crippen LogP contribution in [0.3, 0.4) is 0 Å². The molecule has 6 nitrogen and oxygen atoms in total. The molecular weight excluding hydrogens is 250 g/mol. The van der Waals surface area contributed by atoms with E-state index in [4.69, 9.17) is 4.74 Å². The minimum atomic E-state index is -1.15. The summed E-state index contributed by atoms with van der Waals surface area (Å²) in [5.74, 6) is -1.38. The molecule has 0 spiro atoms. The van der Waals surface area contributed by atoms with Crippen molar-refractivity contribution in [2.45, 2.75) is 19.9 Å². The highest BCUT2D eigenvalue weighted by Crippen LogP contribution is 2.31. The molecule has 0 bridgehead atoms. The number of nitrogens with zero attached hydrogens (tertiary/aromatic N) is 1. The summed E-state index contributed by atoms with van der Waals surface area (Å²) in [6, 6.07) is 3.12. The lowest BCUT2D eigenvalue weighted by atomic mass is 10.0. The Morgan fingerprint density at radius 1 is 1.42 bits per heavy atom. The predicted molar refractivity (Wildman–Crippen MR) is 68.1 cm³/mol. The third-order valence-electron chi connectivity index (χ3n) is 2.72. The van der Waals surface area contributed by atoms with Gasteiger partial charge in [0.05, 0.1) is 6.61 Å². The van der Waals surface area contributed by atoms with E-state index in [9.17, 15) is 19.8 Å². The lowest BCUT2D eigenvalue weighted by molar-refractivity contribution is -0.148. The van der Waals surface area contributed by atoms with Crippen LogP contribution in [0.1, 0.15) is 25.5 Å². The van der Waals surface area contributed by atoms with Gasteiger partial charge in [-0.1, -0.05) is 6.07 Å². The first-order chi connectivity index (χ1) is 8.88. The molecule has 104 valence electrons. The standard InChI is InChI=1S/C13H17NO5/c1-4-19-11-7-9(5-6-10(11)16)12(13(17)18)14(3)8(2)15/h5-7,12,16H,4H2,1-3H3,(H,17,18). The minimum Gasteiger partial charge on any atom is -0.504 e. The predicted octanol–water partition coefficient (Wildman–Crippen LogP) is 1.39. The number of likely N-dealkylation sites (N-methyl/N-ethyl adjacent to an activating group) is 1. The number of carboxylic acids is 1. The smallest absolute Gasteiger partial charge is 0.331 e. The van der Waals surface area contributed by atoms with Gasteiger partial charge in [0.1, 0.15) is 0 Å². The van der Waals surface area contributed by atoms with Gasteiger partial charge in [0, 0.05) is 14.0 Å². The first-order valence-corrected chi connectivity index (χ1v) is 5.80. The van der Waals surface area contributed by atoms with Crippen LogP contribution in [-0.2, 0) is 9.59 Å². The van der Waals surface area contributed by atoms with E-state index in [-0.39, 0.29) is 17.4 Å². The van der Waals surface area contributed by atoms with Gasteiger partial charge in [0.2, 0.25) is 5.91 Å². The summed E-state index contributed by atoms with van der Waals surface area (Å²) < 4.78 is 5.20. The summed E-state index contributed by atoms with van der Waals surface area (Å²) in [6.45, 7) is 3.39. The number of phenols is 1. The van der Waals surface area contributed by atoms with E-state index in [1.165, 1.54) is 32.2 Å². The third-order valence-corrected chi connectivity index (χ3v) is 2.72. The number of carbonyl (C=O) groups excluding carboxylic acids is 1. The molecule has 0 saturated carbocycles.